The molecule has 3 N–H and O–H groups in total. The maximum atomic E-state index is 14.7. The molecule has 2 aromatic carbocycles. The number of nitrogens with zero attached hydrogens (tertiary/aromatic N) is 1. The van der Waals surface area contributed by atoms with E-state index >= 15 is 0 Å². The van der Waals surface area contributed by atoms with Gasteiger partial charge in [0, 0.05) is 34.4 Å². The van der Waals surface area contributed by atoms with Crippen molar-refractivity contribution in [1.82, 2.24) is 9.62 Å². The number of halogens is 3. The van der Waals surface area contributed by atoms with Gasteiger partial charge in [-0.1, -0.05) is 6.92 Å². The van der Waals surface area contributed by atoms with Crippen LogP contribution in [0, 0.1) is 22.1 Å². The molecule has 0 radical (unpaired) electrons. The number of piperidine rings is 1. The van der Waals surface area contributed by atoms with Crippen LogP contribution in [0.4, 0.5) is 25.8 Å². The highest BCUT2D eigenvalue weighted by Crippen LogP contribution is 2.33. The van der Waals surface area contributed by atoms with E-state index in [1.165, 1.54) is 10.4 Å². The predicted molar refractivity (Wildman–Crippen MR) is 134 cm³/mol. The van der Waals surface area contributed by atoms with E-state index in [0.29, 0.717) is 37.7 Å². The third-order valence-corrected chi connectivity index (χ3v) is 7.90. The molecule has 0 saturated carbocycles. The molecule has 0 aromatic heterocycles. The van der Waals surface area contributed by atoms with Gasteiger partial charge in [-0.3, -0.25) is 4.72 Å². The number of rotatable bonds is 8. The lowest BCUT2D eigenvalue weighted by Crippen LogP contribution is -2.48. The summed E-state index contributed by atoms with van der Waals surface area (Å²) in [5.41, 5.74) is 1.10. The van der Waals surface area contributed by atoms with E-state index in [9.17, 15) is 17.2 Å². The third-order valence-electron chi connectivity index (χ3n) is 5.71. The summed E-state index contributed by atoms with van der Waals surface area (Å²) in [6.07, 6.45) is 2.39. The number of aryl methyl sites for hydroxylation is 1. The Kier molecular flexibility index (Phi) is 8.34. The lowest BCUT2D eigenvalue weighted by atomic mass is 10.1. The molecule has 1 heterocycles. The second-order valence-electron chi connectivity index (χ2n) is 8.12. The number of hydrogen-bond acceptors (Lipinski definition) is 4. The van der Waals surface area contributed by atoms with Crippen LogP contribution in [0.5, 0.6) is 0 Å². The minimum atomic E-state index is -3.93. The molecule has 1 atom stereocenters. The highest BCUT2D eigenvalue weighted by molar-refractivity contribution is 14.1. The molecule has 1 fully saturated rings. The fourth-order valence-corrected chi connectivity index (χ4v) is 5.56. The van der Waals surface area contributed by atoms with Crippen LogP contribution in [0.1, 0.15) is 38.7 Å². The first-order valence-corrected chi connectivity index (χ1v) is 13.2. The van der Waals surface area contributed by atoms with Gasteiger partial charge in [0.1, 0.15) is 5.69 Å². The summed E-state index contributed by atoms with van der Waals surface area (Å²) >= 11 is 2.16. The van der Waals surface area contributed by atoms with Gasteiger partial charge in [0.05, 0.1) is 5.69 Å². The maximum Gasteiger partial charge on any atom is 0.301 e. The molecule has 0 amide bonds. The molecule has 6 nitrogen and oxygen atoms in total. The monoisotopic (exact) mass is 578 g/mol. The van der Waals surface area contributed by atoms with Crippen molar-refractivity contribution in [3.8, 4) is 0 Å². The number of nitrogens with one attached hydrogen (secondary N) is 3. The second kappa shape index (κ2) is 10.6. The summed E-state index contributed by atoms with van der Waals surface area (Å²) < 4.78 is 59.5. The Balaban J connectivity index is 1.79. The zero-order chi connectivity index (χ0) is 23.5. The van der Waals surface area contributed by atoms with Gasteiger partial charge < -0.3 is 10.6 Å². The molecule has 1 aliphatic rings. The number of anilines is 3. The van der Waals surface area contributed by atoms with Gasteiger partial charge in [-0.15, -0.1) is 0 Å². The largest absolute Gasteiger partial charge is 0.351 e. The van der Waals surface area contributed by atoms with E-state index in [-0.39, 0.29) is 17.4 Å². The quantitative estimate of drug-likeness (QED) is 0.380. The summed E-state index contributed by atoms with van der Waals surface area (Å²) in [7, 11) is -3.93. The van der Waals surface area contributed by atoms with Gasteiger partial charge >= 0.3 is 10.2 Å². The van der Waals surface area contributed by atoms with Crippen molar-refractivity contribution in [2.24, 2.45) is 0 Å². The highest BCUT2D eigenvalue weighted by atomic mass is 127. The summed E-state index contributed by atoms with van der Waals surface area (Å²) in [6, 6.07) is 8.26. The van der Waals surface area contributed by atoms with Gasteiger partial charge in [-0.25, -0.2) is 8.78 Å². The zero-order valence-electron chi connectivity index (χ0n) is 18.4. The first-order valence-electron chi connectivity index (χ1n) is 10.7. The van der Waals surface area contributed by atoms with Crippen molar-refractivity contribution in [3.63, 3.8) is 0 Å². The first kappa shape index (κ1) is 25.1. The van der Waals surface area contributed by atoms with Crippen molar-refractivity contribution in [2.45, 2.75) is 52.1 Å². The van der Waals surface area contributed by atoms with Crippen molar-refractivity contribution in [2.75, 3.05) is 23.1 Å². The Labute approximate surface area is 202 Å². The van der Waals surface area contributed by atoms with E-state index in [2.05, 4.69) is 51.8 Å². The standard InChI is InChI=1S/C22H29F2IN4O2S/c1-4-15(3)26-17-9-11-29(12-10-17)32(30,31)28-20-8-6-18(23)21(24)22(20)27-19-7-5-16(25)13-14(19)2/h5-8,13,15,17,26-28H,4,9-12H2,1-3H3. The lowest BCUT2D eigenvalue weighted by molar-refractivity contribution is 0.276. The molecule has 0 bridgehead atoms. The lowest BCUT2D eigenvalue weighted by Gasteiger charge is -2.33. The molecule has 1 unspecified atom stereocenters. The molecular formula is C22H29F2IN4O2S. The summed E-state index contributed by atoms with van der Waals surface area (Å²) in [6.45, 7) is 6.76. The SMILES string of the molecule is CCC(C)NC1CCN(S(=O)(=O)Nc2ccc(F)c(F)c2Nc2ccc(I)cc2C)CC1. The molecule has 3 rings (SSSR count). The number of benzene rings is 2. The molecular weight excluding hydrogens is 549 g/mol. The Morgan fingerprint density at radius 3 is 2.44 bits per heavy atom. The molecule has 1 saturated heterocycles. The van der Waals surface area contributed by atoms with E-state index in [0.717, 1.165) is 21.6 Å². The average molecular weight is 578 g/mol. The minimum absolute atomic E-state index is 0.0401. The van der Waals surface area contributed by atoms with Crippen LogP contribution < -0.4 is 15.4 Å². The normalized spacial score (nSPS) is 16.7. The van der Waals surface area contributed by atoms with Gasteiger partial charge in [-0.05, 0) is 91.6 Å². The first-order chi connectivity index (χ1) is 15.1. The van der Waals surface area contributed by atoms with Gasteiger partial charge in [-0.2, -0.15) is 12.7 Å². The molecule has 0 spiro atoms. The van der Waals surface area contributed by atoms with Crippen molar-refractivity contribution in [1.29, 1.82) is 0 Å². The Morgan fingerprint density at radius 2 is 1.81 bits per heavy atom. The van der Waals surface area contributed by atoms with Gasteiger partial charge in [0.25, 0.3) is 0 Å². The van der Waals surface area contributed by atoms with Crippen molar-refractivity contribution < 1.29 is 17.2 Å². The molecule has 0 aliphatic carbocycles. The van der Waals surface area contributed by atoms with Crippen LogP contribution in [0.2, 0.25) is 0 Å². The van der Waals surface area contributed by atoms with Crippen molar-refractivity contribution in [3.05, 3.63) is 51.1 Å². The van der Waals surface area contributed by atoms with E-state index < -0.39 is 21.8 Å². The van der Waals surface area contributed by atoms with Crippen molar-refractivity contribution >= 4 is 49.9 Å². The van der Waals surface area contributed by atoms with Crippen LogP contribution in [-0.4, -0.2) is 37.9 Å². The van der Waals surface area contributed by atoms with Gasteiger partial charge in [0.2, 0.25) is 0 Å². The average Bonchev–Trinajstić information content (AvgIpc) is 2.75. The van der Waals surface area contributed by atoms with E-state index in [1.807, 2.05) is 19.1 Å². The van der Waals surface area contributed by atoms with Crippen LogP contribution in [-0.2, 0) is 10.2 Å². The Bertz CT molecular complexity index is 1060. The molecule has 10 heteroatoms. The number of hydrogen-bond donors (Lipinski definition) is 3. The van der Waals surface area contributed by atoms with Crippen LogP contribution in [0.25, 0.3) is 0 Å². The predicted octanol–water partition coefficient (Wildman–Crippen LogP) is 5.13. The topological polar surface area (TPSA) is 73.5 Å². The van der Waals surface area contributed by atoms with Gasteiger partial charge in [0.15, 0.2) is 11.6 Å². The van der Waals surface area contributed by atoms with Crippen LogP contribution in [0.3, 0.4) is 0 Å². The van der Waals surface area contributed by atoms with Crippen LogP contribution in [0.15, 0.2) is 30.3 Å². The molecule has 2 aromatic rings. The van der Waals surface area contributed by atoms with Crippen LogP contribution >= 0.6 is 22.6 Å². The fourth-order valence-electron chi connectivity index (χ4n) is 3.65. The Morgan fingerprint density at radius 1 is 1.16 bits per heavy atom. The summed E-state index contributed by atoms with van der Waals surface area (Å²) in [5.74, 6) is -2.20. The molecule has 1 aliphatic heterocycles. The van der Waals surface area contributed by atoms with E-state index in [4.69, 9.17) is 0 Å². The fraction of sp³-hybridized carbons (Fsp3) is 0.455. The molecule has 176 valence electrons. The zero-order valence-corrected chi connectivity index (χ0v) is 21.4. The summed E-state index contributed by atoms with van der Waals surface area (Å²) in [4.78, 5) is 0. The minimum Gasteiger partial charge on any atom is -0.351 e. The summed E-state index contributed by atoms with van der Waals surface area (Å²) in [5, 5.41) is 6.37. The highest BCUT2D eigenvalue weighted by Gasteiger charge is 2.29. The smallest absolute Gasteiger partial charge is 0.301 e. The third kappa shape index (κ3) is 6.09. The second-order valence-corrected chi connectivity index (χ2v) is 11.0. The van der Waals surface area contributed by atoms with E-state index in [1.54, 1.807) is 6.07 Å². The Hall–Kier alpha value is -1.50. The molecule has 32 heavy (non-hydrogen) atoms. The maximum absolute atomic E-state index is 14.7.